The van der Waals surface area contributed by atoms with Crippen molar-refractivity contribution in [2.24, 2.45) is 11.7 Å². The van der Waals surface area contributed by atoms with Crippen LogP contribution in [0.1, 0.15) is 32.4 Å². The summed E-state index contributed by atoms with van der Waals surface area (Å²) in [5, 5.41) is 23.1. The monoisotopic (exact) mass is 438 g/mol. The Morgan fingerprint density at radius 3 is 2.58 bits per heavy atom. The van der Waals surface area contributed by atoms with E-state index in [9.17, 15) is 19.2 Å². The minimum atomic E-state index is -1.45. The maximum atomic E-state index is 13.2. The number of imidazole rings is 1. The van der Waals surface area contributed by atoms with Crippen molar-refractivity contribution in [3.63, 3.8) is 0 Å². The fourth-order valence-electron chi connectivity index (χ4n) is 3.43. The van der Waals surface area contributed by atoms with Crippen molar-refractivity contribution in [2.75, 3.05) is 13.2 Å². The van der Waals surface area contributed by atoms with Gasteiger partial charge in [-0.1, -0.05) is 13.8 Å². The molecule has 0 aliphatic carbocycles. The molecular weight excluding hydrogens is 408 g/mol. The number of aliphatic hydroxyl groups is 1. The molecule has 3 amide bonds. The van der Waals surface area contributed by atoms with Gasteiger partial charge in [0, 0.05) is 24.9 Å². The minimum Gasteiger partial charge on any atom is -0.480 e. The minimum absolute atomic E-state index is 0.220. The van der Waals surface area contributed by atoms with Gasteiger partial charge in [-0.05, 0) is 18.8 Å². The van der Waals surface area contributed by atoms with Gasteiger partial charge < -0.3 is 36.5 Å². The van der Waals surface area contributed by atoms with Gasteiger partial charge in [-0.25, -0.2) is 9.78 Å². The summed E-state index contributed by atoms with van der Waals surface area (Å²) in [7, 11) is 0. The number of carboxylic acid groups (broad SMARTS) is 1. The zero-order valence-electron chi connectivity index (χ0n) is 17.6. The number of likely N-dealkylation sites (tertiary alicyclic amines) is 1. The Hall–Kier alpha value is -2.99. The summed E-state index contributed by atoms with van der Waals surface area (Å²) in [5.41, 5.74) is 6.64. The van der Waals surface area contributed by atoms with Crippen LogP contribution in [0.4, 0.5) is 0 Å². The Bertz CT molecular complexity index is 783. The van der Waals surface area contributed by atoms with Gasteiger partial charge in [-0.15, -0.1) is 0 Å². The van der Waals surface area contributed by atoms with Gasteiger partial charge in [0.25, 0.3) is 0 Å². The number of amides is 3. The lowest BCUT2D eigenvalue weighted by molar-refractivity contribution is -0.146. The van der Waals surface area contributed by atoms with Crippen LogP contribution < -0.4 is 16.4 Å². The smallest absolute Gasteiger partial charge is 0.328 e. The fourth-order valence-corrected chi connectivity index (χ4v) is 3.43. The molecule has 4 atom stereocenters. The Morgan fingerprint density at radius 1 is 1.32 bits per heavy atom. The highest BCUT2D eigenvalue weighted by atomic mass is 16.4. The molecule has 2 heterocycles. The van der Waals surface area contributed by atoms with Crippen LogP contribution in [0.15, 0.2) is 12.5 Å². The first-order valence-corrected chi connectivity index (χ1v) is 10.1. The number of aliphatic hydroxyl groups excluding tert-OH is 1. The fraction of sp³-hybridized carbons (Fsp3) is 0.632. The van der Waals surface area contributed by atoms with E-state index in [1.807, 2.05) is 0 Å². The van der Waals surface area contributed by atoms with Crippen molar-refractivity contribution in [1.29, 1.82) is 0 Å². The predicted molar refractivity (Wildman–Crippen MR) is 108 cm³/mol. The van der Waals surface area contributed by atoms with E-state index in [0.29, 0.717) is 25.1 Å². The van der Waals surface area contributed by atoms with E-state index in [1.165, 1.54) is 11.2 Å². The van der Waals surface area contributed by atoms with Crippen molar-refractivity contribution in [1.82, 2.24) is 25.5 Å². The molecule has 1 aromatic rings. The van der Waals surface area contributed by atoms with Crippen LogP contribution in [0.3, 0.4) is 0 Å². The summed E-state index contributed by atoms with van der Waals surface area (Å²) >= 11 is 0. The van der Waals surface area contributed by atoms with Crippen molar-refractivity contribution in [3.05, 3.63) is 18.2 Å². The van der Waals surface area contributed by atoms with E-state index < -0.39 is 54.5 Å². The Kier molecular flexibility index (Phi) is 8.51. The Labute approximate surface area is 179 Å². The third-order valence-electron chi connectivity index (χ3n) is 5.20. The van der Waals surface area contributed by atoms with Crippen LogP contribution in [-0.4, -0.2) is 86.1 Å². The summed E-state index contributed by atoms with van der Waals surface area (Å²) < 4.78 is 0. The topological polar surface area (TPSA) is 191 Å². The molecule has 1 saturated heterocycles. The van der Waals surface area contributed by atoms with Crippen LogP contribution in [0, 0.1) is 5.92 Å². The molecule has 0 radical (unpaired) electrons. The van der Waals surface area contributed by atoms with Crippen LogP contribution >= 0.6 is 0 Å². The highest BCUT2D eigenvalue weighted by Crippen LogP contribution is 2.20. The van der Waals surface area contributed by atoms with Crippen molar-refractivity contribution in [3.8, 4) is 0 Å². The quantitative estimate of drug-likeness (QED) is 0.241. The molecule has 0 bridgehead atoms. The van der Waals surface area contributed by atoms with Crippen molar-refractivity contribution >= 4 is 23.7 Å². The normalized spacial score (nSPS) is 19.0. The standard InChI is InChI=1S/C19H30N6O6/c1-10(2)15(24-16(27)12(20)6-11-7-21-9-22-11)18(29)25-5-3-4-14(25)17(28)23-13(8-26)19(30)31/h7,9-10,12-15,26H,3-6,8,20H2,1-2H3,(H,21,22)(H,23,28)(H,24,27)(H,30,31). The second-order valence-corrected chi connectivity index (χ2v) is 7.89. The molecule has 1 fully saturated rings. The molecule has 0 saturated carbocycles. The number of aromatic nitrogens is 2. The maximum Gasteiger partial charge on any atom is 0.328 e. The largest absolute Gasteiger partial charge is 0.480 e. The van der Waals surface area contributed by atoms with Gasteiger partial charge in [-0.3, -0.25) is 14.4 Å². The number of nitrogens with two attached hydrogens (primary N) is 1. The molecule has 0 aromatic carbocycles. The Balaban J connectivity index is 2.06. The number of nitrogens with zero attached hydrogens (tertiary/aromatic N) is 2. The average molecular weight is 438 g/mol. The molecule has 1 aliphatic heterocycles. The van der Waals surface area contributed by atoms with E-state index in [2.05, 4.69) is 20.6 Å². The maximum absolute atomic E-state index is 13.2. The summed E-state index contributed by atoms with van der Waals surface area (Å²) in [4.78, 5) is 57.4. The van der Waals surface area contributed by atoms with Gasteiger partial charge >= 0.3 is 5.97 Å². The van der Waals surface area contributed by atoms with Crippen molar-refractivity contribution in [2.45, 2.75) is 57.3 Å². The SMILES string of the molecule is CC(C)C(NC(=O)C(N)Cc1cnc[nH]1)C(=O)N1CCCC1C(=O)NC(CO)C(=O)O. The number of hydrogen-bond acceptors (Lipinski definition) is 7. The lowest BCUT2D eigenvalue weighted by Crippen LogP contribution is -2.58. The Morgan fingerprint density at radius 2 is 2.03 bits per heavy atom. The lowest BCUT2D eigenvalue weighted by Gasteiger charge is -2.31. The molecule has 172 valence electrons. The number of rotatable bonds is 10. The summed E-state index contributed by atoms with van der Waals surface area (Å²) in [5.74, 6) is -3.25. The molecule has 12 nitrogen and oxygen atoms in total. The second-order valence-electron chi connectivity index (χ2n) is 7.89. The van der Waals surface area contributed by atoms with E-state index in [1.54, 1.807) is 20.0 Å². The van der Waals surface area contributed by atoms with Crippen LogP contribution in [0.5, 0.6) is 0 Å². The van der Waals surface area contributed by atoms with Crippen molar-refractivity contribution < 1.29 is 29.4 Å². The molecular formula is C19H30N6O6. The summed E-state index contributed by atoms with van der Waals surface area (Å²) in [6.07, 6.45) is 4.16. The van der Waals surface area contributed by atoms with E-state index in [-0.39, 0.29) is 12.3 Å². The van der Waals surface area contributed by atoms with Gasteiger partial charge in [0.05, 0.1) is 19.0 Å². The first-order valence-electron chi connectivity index (χ1n) is 10.1. The zero-order chi connectivity index (χ0) is 23.1. The lowest BCUT2D eigenvalue weighted by atomic mass is 10.0. The average Bonchev–Trinajstić information content (AvgIpc) is 3.40. The number of hydrogen-bond donors (Lipinski definition) is 6. The number of carbonyl (C=O) groups excluding carboxylic acids is 3. The third-order valence-corrected chi connectivity index (χ3v) is 5.20. The van der Waals surface area contributed by atoms with E-state index in [0.717, 1.165) is 0 Å². The first kappa shape index (κ1) is 24.3. The summed E-state index contributed by atoms with van der Waals surface area (Å²) in [6.45, 7) is 3.06. The first-order chi connectivity index (χ1) is 14.6. The molecule has 1 aromatic heterocycles. The molecule has 1 aliphatic rings. The van der Waals surface area contributed by atoms with Gasteiger partial charge in [0.15, 0.2) is 0 Å². The highest BCUT2D eigenvalue weighted by Gasteiger charge is 2.39. The van der Waals surface area contributed by atoms with E-state index >= 15 is 0 Å². The zero-order valence-corrected chi connectivity index (χ0v) is 17.6. The number of nitrogens with one attached hydrogen (secondary N) is 3. The highest BCUT2D eigenvalue weighted by molar-refractivity contribution is 5.94. The number of aliphatic carboxylic acids is 1. The molecule has 0 spiro atoms. The van der Waals surface area contributed by atoms with E-state index in [4.69, 9.17) is 15.9 Å². The van der Waals surface area contributed by atoms with Crippen LogP contribution in [-0.2, 0) is 25.6 Å². The second kappa shape index (κ2) is 10.9. The molecule has 4 unspecified atom stereocenters. The molecule has 2 rings (SSSR count). The van der Waals surface area contributed by atoms with Gasteiger partial charge in [-0.2, -0.15) is 0 Å². The number of carbonyl (C=O) groups is 4. The van der Waals surface area contributed by atoms with Crippen LogP contribution in [0.25, 0.3) is 0 Å². The number of aromatic amines is 1. The molecule has 31 heavy (non-hydrogen) atoms. The number of carboxylic acids is 1. The number of H-pyrrole nitrogens is 1. The molecule has 7 N–H and O–H groups in total. The predicted octanol–water partition coefficient (Wildman–Crippen LogP) is -2.03. The molecule has 12 heteroatoms. The summed E-state index contributed by atoms with van der Waals surface area (Å²) in [6, 6.07) is -4.13. The van der Waals surface area contributed by atoms with Crippen LogP contribution in [0.2, 0.25) is 0 Å². The van der Waals surface area contributed by atoms with Gasteiger partial charge in [0.1, 0.15) is 18.1 Å². The van der Waals surface area contributed by atoms with Gasteiger partial charge in [0.2, 0.25) is 17.7 Å². The third kappa shape index (κ3) is 6.25.